The molecule has 4 rings (SSSR count). The Labute approximate surface area is 183 Å². The fraction of sp³-hybridized carbons (Fsp3) is 0.217. The van der Waals surface area contributed by atoms with Crippen LogP contribution in [0.5, 0.6) is 5.75 Å². The Kier molecular flexibility index (Phi) is 5.81. The molecular formula is C23H20F2N4O3. The molecule has 0 radical (unpaired) electrons. The molecule has 164 valence electrons. The fourth-order valence-corrected chi connectivity index (χ4v) is 3.70. The first-order valence-corrected chi connectivity index (χ1v) is 9.91. The molecule has 2 amide bonds. The minimum atomic E-state index is -0.891. The zero-order valence-electron chi connectivity index (χ0n) is 17.5. The molecule has 1 aliphatic rings. The molecule has 7 nitrogen and oxygen atoms in total. The lowest BCUT2D eigenvalue weighted by atomic mass is 9.93. The summed E-state index contributed by atoms with van der Waals surface area (Å²) in [6, 6.07) is 7.63. The Hall–Kier alpha value is -3.88. The minimum absolute atomic E-state index is 0.201. The molecule has 0 unspecified atom stereocenters. The first-order valence-electron chi connectivity index (χ1n) is 9.91. The van der Waals surface area contributed by atoms with Gasteiger partial charge in [0.25, 0.3) is 11.8 Å². The van der Waals surface area contributed by atoms with Gasteiger partial charge in [0, 0.05) is 37.8 Å². The number of aromatic nitrogens is 2. The van der Waals surface area contributed by atoms with E-state index in [1.165, 1.54) is 11.9 Å². The molecule has 9 heteroatoms. The Morgan fingerprint density at radius 3 is 2.66 bits per heavy atom. The van der Waals surface area contributed by atoms with Crippen LogP contribution in [0.2, 0.25) is 0 Å². The average molecular weight is 438 g/mol. The lowest BCUT2D eigenvalue weighted by molar-refractivity contribution is 0.0955. The molecule has 0 spiro atoms. The number of carbonyl (C=O) groups is 2. The van der Waals surface area contributed by atoms with Crippen LogP contribution in [0.1, 0.15) is 37.5 Å². The molecule has 1 aliphatic heterocycles. The molecule has 32 heavy (non-hydrogen) atoms. The summed E-state index contributed by atoms with van der Waals surface area (Å²) >= 11 is 0. The number of amides is 2. The molecule has 3 heterocycles. The Balaban J connectivity index is 1.66. The van der Waals surface area contributed by atoms with Gasteiger partial charge in [-0.3, -0.25) is 19.5 Å². The number of pyridine rings is 2. The molecular weight excluding hydrogens is 418 g/mol. The standard InChI is InChI=1S/C23H20F2N4O3/c1-26-22(30)19-4-3-13(11-27-19)7-15-8-17-14(9-20(15)32-2)5-6-29(23(17)31)21-18(25)10-16(24)12-28-21/h3-4,8-12H,5-7H2,1-2H3,(H,26,30). The van der Waals surface area contributed by atoms with Crippen molar-refractivity contribution in [1.29, 1.82) is 0 Å². The van der Waals surface area contributed by atoms with Gasteiger partial charge in [-0.15, -0.1) is 0 Å². The molecule has 1 aromatic carbocycles. The summed E-state index contributed by atoms with van der Waals surface area (Å²) in [5.41, 5.74) is 3.05. The van der Waals surface area contributed by atoms with Crippen LogP contribution in [0.25, 0.3) is 0 Å². The second-order valence-electron chi connectivity index (χ2n) is 7.29. The third kappa shape index (κ3) is 4.01. The van der Waals surface area contributed by atoms with Gasteiger partial charge in [-0.25, -0.2) is 13.8 Å². The predicted octanol–water partition coefficient (Wildman–Crippen LogP) is 2.92. The quantitative estimate of drug-likeness (QED) is 0.662. The number of methoxy groups -OCH3 is 1. The van der Waals surface area contributed by atoms with E-state index in [9.17, 15) is 18.4 Å². The molecule has 3 aromatic rings. The second kappa shape index (κ2) is 8.70. The monoisotopic (exact) mass is 438 g/mol. The van der Waals surface area contributed by atoms with E-state index >= 15 is 0 Å². The second-order valence-corrected chi connectivity index (χ2v) is 7.29. The first kappa shape index (κ1) is 21.4. The van der Waals surface area contributed by atoms with Gasteiger partial charge in [0.05, 0.1) is 13.3 Å². The van der Waals surface area contributed by atoms with Gasteiger partial charge >= 0.3 is 0 Å². The lowest BCUT2D eigenvalue weighted by Crippen LogP contribution is -2.39. The molecule has 0 saturated heterocycles. The number of anilines is 1. The van der Waals surface area contributed by atoms with Crippen LogP contribution in [0, 0.1) is 11.6 Å². The van der Waals surface area contributed by atoms with Crippen molar-refractivity contribution in [2.24, 2.45) is 0 Å². The summed E-state index contributed by atoms with van der Waals surface area (Å²) in [5.74, 6) is -1.98. The van der Waals surface area contributed by atoms with Gasteiger partial charge in [0.2, 0.25) is 0 Å². The number of hydrogen-bond donors (Lipinski definition) is 1. The van der Waals surface area contributed by atoms with E-state index < -0.39 is 17.5 Å². The topological polar surface area (TPSA) is 84.4 Å². The molecule has 1 N–H and O–H groups in total. The molecule has 0 fully saturated rings. The van der Waals surface area contributed by atoms with E-state index in [4.69, 9.17) is 4.74 Å². The zero-order chi connectivity index (χ0) is 22.8. The van der Waals surface area contributed by atoms with Crippen molar-refractivity contribution in [2.45, 2.75) is 12.8 Å². The number of carbonyl (C=O) groups excluding carboxylic acids is 2. The maximum absolute atomic E-state index is 14.2. The van der Waals surface area contributed by atoms with Gasteiger partial charge in [0.15, 0.2) is 11.6 Å². The highest BCUT2D eigenvalue weighted by Crippen LogP contribution is 2.31. The number of benzene rings is 1. The van der Waals surface area contributed by atoms with E-state index in [1.54, 1.807) is 37.6 Å². The summed E-state index contributed by atoms with van der Waals surface area (Å²) in [6.45, 7) is 0.217. The van der Waals surface area contributed by atoms with Gasteiger partial charge < -0.3 is 10.1 Å². The largest absolute Gasteiger partial charge is 0.496 e. The van der Waals surface area contributed by atoms with Gasteiger partial charge in [-0.05, 0) is 41.3 Å². The van der Waals surface area contributed by atoms with E-state index in [1.807, 2.05) is 0 Å². The number of halogens is 2. The van der Waals surface area contributed by atoms with Crippen LogP contribution in [-0.2, 0) is 12.8 Å². The Morgan fingerprint density at radius 1 is 1.19 bits per heavy atom. The van der Waals surface area contributed by atoms with Crippen LogP contribution in [0.4, 0.5) is 14.6 Å². The van der Waals surface area contributed by atoms with Crippen molar-refractivity contribution < 1.29 is 23.1 Å². The highest BCUT2D eigenvalue weighted by Gasteiger charge is 2.29. The van der Waals surface area contributed by atoms with Crippen molar-refractivity contribution >= 4 is 17.6 Å². The number of nitrogens with zero attached hydrogens (tertiary/aromatic N) is 3. The first-order chi connectivity index (χ1) is 15.4. The zero-order valence-corrected chi connectivity index (χ0v) is 17.5. The summed E-state index contributed by atoms with van der Waals surface area (Å²) in [5, 5.41) is 2.52. The number of rotatable bonds is 5. The van der Waals surface area contributed by atoms with Crippen LogP contribution < -0.4 is 15.0 Å². The summed E-state index contributed by atoms with van der Waals surface area (Å²) in [4.78, 5) is 34.0. The predicted molar refractivity (Wildman–Crippen MR) is 113 cm³/mol. The van der Waals surface area contributed by atoms with Crippen molar-refractivity contribution in [3.63, 3.8) is 0 Å². The molecule has 0 aliphatic carbocycles. The van der Waals surface area contributed by atoms with Crippen LogP contribution in [-0.4, -0.2) is 42.5 Å². The highest BCUT2D eigenvalue weighted by atomic mass is 19.1. The Morgan fingerprint density at radius 2 is 2.00 bits per heavy atom. The fourth-order valence-electron chi connectivity index (χ4n) is 3.70. The van der Waals surface area contributed by atoms with Crippen molar-refractivity contribution in [3.8, 4) is 5.75 Å². The van der Waals surface area contributed by atoms with Gasteiger partial charge in [-0.1, -0.05) is 6.07 Å². The third-order valence-corrected chi connectivity index (χ3v) is 5.31. The van der Waals surface area contributed by atoms with Crippen LogP contribution >= 0.6 is 0 Å². The van der Waals surface area contributed by atoms with Gasteiger partial charge in [0.1, 0.15) is 17.3 Å². The minimum Gasteiger partial charge on any atom is -0.496 e. The van der Waals surface area contributed by atoms with Gasteiger partial charge in [-0.2, -0.15) is 0 Å². The van der Waals surface area contributed by atoms with Crippen LogP contribution in [0.3, 0.4) is 0 Å². The van der Waals surface area contributed by atoms with E-state index in [0.29, 0.717) is 35.9 Å². The molecule has 0 saturated carbocycles. The number of ether oxygens (including phenoxy) is 1. The third-order valence-electron chi connectivity index (χ3n) is 5.31. The van der Waals surface area contributed by atoms with Crippen molar-refractivity contribution in [1.82, 2.24) is 15.3 Å². The summed E-state index contributed by atoms with van der Waals surface area (Å²) in [7, 11) is 3.08. The van der Waals surface area contributed by atoms with Crippen molar-refractivity contribution in [3.05, 3.63) is 82.3 Å². The maximum atomic E-state index is 14.2. The number of nitrogens with one attached hydrogen (secondary N) is 1. The van der Waals surface area contributed by atoms with E-state index in [2.05, 4.69) is 15.3 Å². The molecule has 2 aromatic heterocycles. The summed E-state index contributed by atoms with van der Waals surface area (Å²) in [6.07, 6.45) is 3.36. The van der Waals surface area contributed by atoms with Crippen LogP contribution in [0.15, 0.2) is 42.7 Å². The Bertz CT molecular complexity index is 1200. The summed E-state index contributed by atoms with van der Waals surface area (Å²) < 4.78 is 33.0. The maximum Gasteiger partial charge on any atom is 0.269 e. The molecule has 0 atom stereocenters. The SMILES string of the molecule is CNC(=O)c1ccc(Cc2cc3c(cc2OC)CCN(c2ncc(F)cc2F)C3=O)cn1. The smallest absolute Gasteiger partial charge is 0.269 e. The molecule has 0 bridgehead atoms. The number of hydrogen-bond acceptors (Lipinski definition) is 5. The number of fused-ring (bicyclic) bond motifs is 1. The van der Waals surface area contributed by atoms with E-state index in [-0.39, 0.29) is 18.3 Å². The van der Waals surface area contributed by atoms with E-state index in [0.717, 1.165) is 22.9 Å². The highest BCUT2D eigenvalue weighted by molar-refractivity contribution is 6.08. The van der Waals surface area contributed by atoms with Crippen molar-refractivity contribution in [2.75, 3.05) is 25.6 Å². The normalized spacial score (nSPS) is 13.0. The lowest BCUT2D eigenvalue weighted by Gasteiger charge is -2.29. The average Bonchev–Trinajstić information content (AvgIpc) is 2.80.